The minimum absolute atomic E-state index is 0.389. The number of carbonyl (C=O) groups excluding carboxylic acids is 1. The molecule has 0 spiro atoms. The van der Waals surface area contributed by atoms with E-state index < -0.39 is 0 Å². The van der Waals surface area contributed by atoms with Crippen molar-refractivity contribution in [3.63, 3.8) is 0 Å². The summed E-state index contributed by atoms with van der Waals surface area (Å²) in [5.74, 6) is 1.06. The first-order valence-electron chi connectivity index (χ1n) is 9.52. The van der Waals surface area contributed by atoms with Gasteiger partial charge in [-0.3, -0.25) is 0 Å². The summed E-state index contributed by atoms with van der Waals surface area (Å²) in [6, 6.07) is 19.6. The molecule has 156 valence electrons. The first kappa shape index (κ1) is 20.4. The second-order valence-corrected chi connectivity index (χ2v) is 7.37. The van der Waals surface area contributed by atoms with Gasteiger partial charge < -0.3 is 20.3 Å². The molecule has 4 rings (SSSR count). The summed E-state index contributed by atoms with van der Waals surface area (Å²) in [7, 11) is 3.95. The summed E-state index contributed by atoms with van der Waals surface area (Å²) in [5, 5.41) is 6.76. The van der Waals surface area contributed by atoms with Crippen molar-refractivity contribution in [3.8, 4) is 11.6 Å². The van der Waals surface area contributed by atoms with Gasteiger partial charge in [-0.15, -0.1) is 0 Å². The maximum Gasteiger partial charge on any atom is 0.323 e. The van der Waals surface area contributed by atoms with E-state index in [0.717, 1.165) is 16.6 Å². The van der Waals surface area contributed by atoms with Gasteiger partial charge in [0, 0.05) is 25.5 Å². The van der Waals surface area contributed by atoms with Crippen LogP contribution in [0.15, 0.2) is 73.1 Å². The number of fused-ring (bicyclic) bond motifs is 1. The lowest BCUT2D eigenvalue weighted by molar-refractivity contribution is 0.262. The molecule has 0 unspecified atom stereocenters. The summed E-state index contributed by atoms with van der Waals surface area (Å²) >= 11 is 6.06. The number of anilines is 3. The molecule has 0 fully saturated rings. The van der Waals surface area contributed by atoms with Gasteiger partial charge in [0.05, 0.1) is 21.6 Å². The highest BCUT2D eigenvalue weighted by atomic mass is 35.5. The van der Waals surface area contributed by atoms with Crippen LogP contribution < -0.4 is 20.3 Å². The number of ether oxygens (including phenoxy) is 1. The SMILES string of the molecule is CN(C)c1ccc2c(Oc3ccc(NC(=O)Nc4ccccc4Cl)cc3)ncnc2c1. The van der Waals surface area contributed by atoms with Crippen molar-refractivity contribution in [3.05, 3.63) is 78.1 Å². The second kappa shape index (κ2) is 8.89. The quantitative estimate of drug-likeness (QED) is 0.416. The number of hydrogen-bond donors (Lipinski definition) is 2. The van der Waals surface area contributed by atoms with Crippen LogP contribution in [0.2, 0.25) is 5.02 Å². The van der Waals surface area contributed by atoms with Gasteiger partial charge in [-0.25, -0.2) is 14.8 Å². The van der Waals surface area contributed by atoms with E-state index in [1.807, 2.05) is 37.2 Å². The molecule has 7 nitrogen and oxygen atoms in total. The van der Waals surface area contributed by atoms with Crippen molar-refractivity contribution in [1.82, 2.24) is 9.97 Å². The lowest BCUT2D eigenvalue weighted by Crippen LogP contribution is -2.19. The Morgan fingerprint density at radius 3 is 2.48 bits per heavy atom. The predicted octanol–water partition coefficient (Wildman–Crippen LogP) is 5.79. The van der Waals surface area contributed by atoms with Crippen molar-refractivity contribution in [2.24, 2.45) is 0 Å². The van der Waals surface area contributed by atoms with Gasteiger partial charge >= 0.3 is 6.03 Å². The van der Waals surface area contributed by atoms with Crippen LogP contribution >= 0.6 is 11.6 Å². The first-order valence-corrected chi connectivity index (χ1v) is 9.90. The maximum atomic E-state index is 12.2. The number of benzene rings is 3. The fourth-order valence-electron chi connectivity index (χ4n) is 2.95. The Bertz CT molecular complexity index is 1230. The van der Waals surface area contributed by atoms with Gasteiger partial charge in [0.25, 0.3) is 0 Å². The summed E-state index contributed by atoms with van der Waals surface area (Å²) in [4.78, 5) is 22.8. The normalized spacial score (nSPS) is 10.5. The molecule has 31 heavy (non-hydrogen) atoms. The zero-order valence-electron chi connectivity index (χ0n) is 17.0. The van der Waals surface area contributed by atoms with E-state index in [0.29, 0.717) is 28.0 Å². The summed E-state index contributed by atoms with van der Waals surface area (Å²) in [6.45, 7) is 0. The molecule has 1 aromatic heterocycles. The molecule has 0 aliphatic rings. The van der Waals surface area contributed by atoms with Crippen LogP contribution in [-0.4, -0.2) is 30.1 Å². The number of urea groups is 1. The number of carbonyl (C=O) groups is 1. The van der Waals surface area contributed by atoms with Crippen LogP contribution in [0.1, 0.15) is 0 Å². The summed E-state index contributed by atoms with van der Waals surface area (Å²) in [6.07, 6.45) is 1.48. The smallest absolute Gasteiger partial charge is 0.323 e. The average Bonchev–Trinajstić information content (AvgIpc) is 2.76. The summed E-state index contributed by atoms with van der Waals surface area (Å²) in [5.41, 5.74) is 2.99. The molecule has 2 N–H and O–H groups in total. The van der Waals surface area contributed by atoms with Gasteiger partial charge in [0.2, 0.25) is 5.88 Å². The van der Waals surface area contributed by atoms with Crippen LogP contribution in [0.3, 0.4) is 0 Å². The van der Waals surface area contributed by atoms with Gasteiger partial charge in [-0.05, 0) is 54.6 Å². The molecule has 0 atom stereocenters. The van der Waals surface area contributed by atoms with E-state index in [4.69, 9.17) is 16.3 Å². The standard InChI is InChI=1S/C23H20ClN5O2/c1-29(2)16-9-12-18-21(13-16)25-14-26-22(18)31-17-10-7-15(8-11-17)27-23(30)28-20-6-4-3-5-19(20)24/h3-14H,1-2H3,(H2,27,28,30). The number of nitrogens with one attached hydrogen (secondary N) is 2. The number of nitrogens with zero attached hydrogens (tertiary/aromatic N) is 3. The van der Waals surface area contributed by atoms with E-state index in [9.17, 15) is 4.79 Å². The van der Waals surface area contributed by atoms with Crippen LogP contribution in [0, 0.1) is 0 Å². The minimum atomic E-state index is -0.389. The lowest BCUT2D eigenvalue weighted by atomic mass is 10.2. The maximum absolute atomic E-state index is 12.2. The van der Waals surface area contributed by atoms with E-state index in [-0.39, 0.29) is 6.03 Å². The van der Waals surface area contributed by atoms with Gasteiger partial charge in [-0.2, -0.15) is 0 Å². The van der Waals surface area contributed by atoms with Gasteiger partial charge in [0.1, 0.15) is 12.1 Å². The molecular formula is C23H20ClN5O2. The number of para-hydroxylation sites is 1. The molecule has 0 aliphatic heterocycles. The molecule has 0 bridgehead atoms. The van der Waals surface area contributed by atoms with E-state index in [2.05, 4.69) is 20.6 Å². The Kier molecular flexibility index (Phi) is 5.86. The third kappa shape index (κ3) is 4.84. The predicted molar refractivity (Wildman–Crippen MR) is 124 cm³/mol. The molecule has 2 amide bonds. The van der Waals surface area contributed by atoms with Gasteiger partial charge in [0.15, 0.2) is 0 Å². The molecule has 3 aromatic carbocycles. The second-order valence-electron chi connectivity index (χ2n) is 6.96. The Labute approximate surface area is 184 Å². The average molecular weight is 434 g/mol. The highest BCUT2D eigenvalue weighted by Crippen LogP contribution is 2.29. The van der Waals surface area contributed by atoms with E-state index in [1.165, 1.54) is 6.33 Å². The number of halogens is 1. The Balaban J connectivity index is 1.45. The monoisotopic (exact) mass is 433 g/mol. The third-order valence-electron chi connectivity index (χ3n) is 4.55. The fourth-order valence-corrected chi connectivity index (χ4v) is 3.13. The minimum Gasteiger partial charge on any atom is -0.438 e. The van der Waals surface area contributed by atoms with Gasteiger partial charge in [-0.1, -0.05) is 23.7 Å². The van der Waals surface area contributed by atoms with Crippen LogP contribution in [0.4, 0.5) is 21.9 Å². The zero-order valence-corrected chi connectivity index (χ0v) is 17.7. The molecule has 8 heteroatoms. The fraction of sp³-hybridized carbons (Fsp3) is 0.0870. The number of amides is 2. The highest BCUT2D eigenvalue weighted by Gasteiger charge is 2.09. The Hall–Kier alpha value is -3.84. The molecule has 1 heterocycles. The van der Waals surface area contributed by atoms with Crippen molar-refractivity contribution in [1.29, 1.82) is 0 Å². The Morgan fingerprint density at radius 2 is 1.74 bits per heavy atom. The molecule has 0 aliphatic carbocycles. The van der Waals surface area contributed by atoms with E-state index in [1.54, 1.807) is 48.5 Å². The lowest BCUT2D eigenvalue weighted by Gasteiger charge is -2.14. The largest absolute Gasteiger partial charge is 0.438 e. The molecule has 0 saturated carbocycles. The molecular weight excluding hydrogens is 414 g/mol. The summed E-state index contributed by atoms with van der Waals surface area (Å²) < 4.78 is 5.95. The molecule has 0 radical (unpaired) electrons. The van der Waals surface area contributed by atoms with Crippen molar-refractivity contribution in [2.45, 2.75) is 0 Å². The Morgan fingerprint density at radius 1 is 0.968 bits per heavy atom. The van der Waals surface area contributed by atoms with Crippen LogP contribution in [0.25, 0.3) is 10.9 Å². The highest BCUT2D eigenvalue weighted by molar-refractivity contribution is 6.33. The topological polar surface area (TPSA) is 79.4 Å². The van der Waals surface area contributed by atoms with Crippen molar-refractivity contribution < 1.29 is 9.53 Å². The number of aromatic nitrogens is 2. The number of rotatable bonds is 5. The van der Waals surface area contributed by atoms with Crippen LogP contribution in [-0.2, 0) is 0 Å². The van der Waals surface area contributed by atoms with E-state index >= 15 is 0 Å². The first-order chi connectivity index (χ1) is 15.0. The molecule has 4 aromatic rings. The van der Waals surface area contributed by atoms with Crippen molar-refractivity contribution in [2.75, 3.05) is 29.6 Å². The third-order valence-corrected chi connectivity index (χ3v) is 4.88. The van der Waals surface area contributed by atoms with Crippen LogP contribution in [0.5, 0.6) is 11.6 Å². The van der Waals surface area contributed by atoms with Crippen molar-refractivity contribution >= 4 is 45.6 Å². The molecule has 0 saturated heterocycles. The number of hydrogen-bond acceptors (Lipinski definition) is 5. The zero-order chi connectivity index (χ0) is 21.8.